The van der Waals surface area contributed by atoms with Crippen LogP contribution in [0.1, 0.15) is 18.1 Å². The first-order chi connectivity index (χ1) is 20.9. The molecule has 14 heteroatoms. The first-order valence-electron chi connectivity index (χ1n) is 13.8. The van der Waals surface area contributed by atoms with E-state index in [2.05, 4.69) is 10.0 Å². The van der Waals surface area contributed by atoms with E-state index in [-0.39, 0.29) is 19.8 Å². The molecule has 0 radical (unpaired) electrons. The topological polar surface area (TPSA) is 177 Å². The third kappa shape index (κ3) is 7.15. The molecular formula is C29H33N3O11. The third-order valence-corrected chi connectivity index (χ3v) is 7.34. The summed E-state index contributed by atoms with van der Waals surface area (Å²) in [5, 5.41) is 15.1. The molecule has 3 aliphatic heterocycles. The van der Waals surface area contributed by atoms with Gasteiger partial charge in [0.1, 0.15) is 42.7 Å². The zero-order valence-electron chi connectivity index (χ0n) is 23.5. The number of aliphatic hydroxyl groups is 1. The molecule has 2 bridgehead atoms. The summed E-state index contributed by atoms with van der Waals surface area (Å²) in [7, 11) is 1.16. The molecule has 10 unspecified atom stereocenters. The lowest BCUT2D eigenvalue weighted by atomic mass is 9.96. The Balaban J connectivity index is 1.48. The SMILES string of the molecule is COC(=O)C1OC(OC2C3COC(O3)C(N=[N+]=[N-])C2OC(C)=O)C(OCc2ccccc2)C(OCc2ccccc2)C1O. The van der Waals surface area contributed by atoms with Gasteiger partial charge in [-0.1, -0.05) is 65.8 Å². The predicted octanol–water partition coefficient (Wildman–Crippen LogP) is 2.17. The molecule has 1 N–H and O–H groups in total. The van der Waals surface area contributed by atoms with Gasteiger partial charge in [0, 0.05) is 11.8 Å². The van der Waals surface area contributed by atoms with E-state index in [1.165, 1.54) is 6.92 Å². The van der Waals surface area contributed by atoms with Crippen LogP contribution < -0.4 is 0 Å². The third-order valence-electron chi connectivity index (χ3n) is 7.34. The van der Waals surface area contributed by atoms with E-state index in [9.17, 15) is 20.2 Å². The molecule has 0 spiro atoms. The number of ether oxygens (including phenoxy) is 8. The number of methoxy groups -OCH3 is 1. The Kier molecular flexibility index (Phi) is 10.2. The molecule has 2 aromatic carbocycles. The van der Waals surface area contributed by atoms with Gasteiger partial charge in [-0.05, 0) is 16.7 Å². The van der Waals surface area contributed by atoms with Crippen LogP contribution in [0.3, 0.4) is 0 Å². The van der Waals surface area contributed by atoms with Crippen LogP contribution in [0.2, 0.25) is 0 Å². The van der Waals surface area contributed by atoms with E-state index < -0.39 is 73.3 Å². The summed E-state index contributed by atoms with van der Waals surface area (Å²) in [5.41, 5.74) is 10.8. The van der Waals surface area contributed by atoms with E-state index in [0.29, 0.717) is 0 Å². The highest BCUT2D eigenvalue weighted by atomic mass is 16.8. The van der Waals surface area contributed by atoms with Gasteiger partial charge in [0.05, 0.1) is 26.9 Å². The summed E-state index contributed by atoms with van der Waals surface area (Å²) in [4.78, 5) is 27.7. The monoisotopic (exact) mass is 599 g/mol. The molecule has 230 valence electrons. The number of carbonyl (C=O) groups is 2. The second-order valence-electron chi connectivity index (χ2n) is 10.2. The van der Waals surface area contributed by atoms with Crippen molar-refractivity contribution in [2.75, 3.05) is 13.7 Å². The Morgan fingerprint density at radius 3 is 2.16 bits per heavy atom. The highest BCUT2D eigenvalue weighted by Crippen LogP contribution is 2.37. The molecule has 10 atom stereocenters. The Bertz CT molecular complexity index is 1280. The van der Waals surface area contributed by atoms with Crippen LogP contribution in [0.25, 0.3) is 10.4 Å². The van der Waals surface area contributed by atoms with Crippen LogP contribution in [0, 0.1) is 0 Å². The van der Waals surface area contributed by atoms with Crippen molar-refractivity contribution < 1.29 is 52.6 Å². The van der Waals surface area contributed by atoms with E-state index in [1.807, 2.05) is 60.7 Å². The van der Waals surface area contributed by atoms with Gasteiger partial charge in [-0.15, -0.1) is 0 Å². The Morgan fingerprint density at radius 2 is 1.58 bits per heavy atom. The summed E-state index contributed by atoms with van der Waals surface area (Å²) >= 11 is 0. The first-order valence-corrected chi connectivity index (χ1v) is 13.8. The number of azide groups is 1. The summed E-state index contributed by atoms with van der Waals surface area (Å²) in [6.45, 7) is 1.42. The minimum atomic E-state index is -1.51. The van der Waals surface area contributed by atoms with E-state index >= 15 is 0 Å². The summed E-state index contributed by atoms with van der Waals surface area (Å²) in [6.07, 6.45) is -10.5. The van der Waals surface area contributed by atoms with Gasteiger partial charge >= 0.3 is 11.9 Å². The van der Waals surface area contributed by atoms with Crippen molar-refractivity contribution in [1.82, 2.24) is 0 Å². The normalized spacial score (nSPS) is 33.3. The number of hydrogen-bond donors (Lipinski definition) is 1. The van der Waals surface area contributed by atoms with Crippen molar-refractivity contribution in [3.63, 3.8) is 0 Å². The Morgan fingerprint density at radius 1 is 0.953 bits per heavy atom. The molecule has 0 amide bonds. The second-order valence-corrected chi connectivity index (χ2v) is 10.2. The van der Waals surface area contributed by atoms with Gasteiger partial charge < -0.3 is 43.0 Å². The highest BCUT2D eigenvalue weighted by molar-refractivity contribution is 5.75. The molecule has 5 rings (SSSR count). The van der Waals surface area contributed by atoms with Crippen molar-refractivity contribution in [3.05, 3.63) is 82.2 Å². The van der Waals surface area contributed by atoms with Crippen LogP contribution >= 0.6 is 0 Å². The summed E-state index contributed by atoms with van der Waals surface area (Å²) in [5.74, 6) is -1.50. The fourth-order valence-electron chi connectivity index (χ4n) is 5.33. The standard InChI is InChI=1S/C29H33N3O11/c1-16(33)40-23-20(31-32-30)28-39-15-19(41-28)22(23)42-29-26(38-14-18-11-7-4-8-12-18)24(21(34)25(43-29)27(35)36-2)37-13-17-9-5-3-6-10-17/h3-12,19-26,28-29,34H,13-15H2,1-2H3. The van der Waals surface area contributed by atoms with E-state index in [1.54, 1.807) is 0 Å². The van der Waals surface area contributed by atoms with Crippen molar-refractivity contribution >= 4 is 11.9 Å². The highest BCUT2D eigenvalue weighted by Gasteiger charge is 2.57. The van der Waals surface area contributed by atoms with Gasteiger partial charge in [-0.3, -0.25) is 4.79 Å². The van der Waals surface area contributed by atoms with Crippen LogP contribution in [0.4, 0.5) is 0 Å². The smallest absolute Gasteiger partial charge is 0.337 e. The Hall–Kier alpha value is -3.59. The number of hydrogen-bond acceptors (Lipinski definition) is 12. The molecule has 0 aliphatic carbocycles. The lowest BCUT2D eigenvalue weighted by Crippen LogP contribution is -2.64. The number of rotatable bonds is 11. The molecule has 3 fully saturated rings. The molecule has 3 aliphatic rings. The van der Waals surface area contributed by atoms with Crippen LogP contribution in [0.15, 0.2) is 65.8 Å². The quantitative estimate of drug-likeness (QED) is 0.173. The molecular weight excluding hydrogens is 566 g/mol. The van der Waals surface area contributed by atoms with Gasteiger partial charge in [-0.25, -0.2) is 4.79 Å². The largest absolute Gasteiger partial charge is 0.467 e. The van der Waals surface area contributed by atoms with E-state index in [0.717, 1.165) is 18.2 Å². The molecule has 0 saturated carbocycles. The minimum absolute atomic E-state index is 0.0454. The number of carbonyl (C=O) groups excluding carboxylic acids is 2. The summed E-state index contributed by atoms with van der Waals surface area (Å²) in [6, 6.07) is 17.5. The number of nitrogens with zero attached hydrogens (tertiary/aromatic N) is 3. The van der Waals surface area contributed by atoms with Crippen LogP contribution in [-0.4, -0.2) is 92.1 Å². The molecule has 43 heavy (non-hydrogen) atoms. The maximum absolute atomic E-state index is 12.8. The molecule has 3 saturated heterocycles. The van der Waals surface area contributed by atoms with Gasteiger partial charge in [-0.2, -0.15) is 0 Å². The van der Waals surface area contributed by atoms with Gasteiger partial charge in [0.15, 0.2) is 18.7 Å². The van der Waals surface area contributed by atoms with Crippen LogP contribution in [0.5, 0.6) is 0 Å². The first kappa shape index (κ1) is 30.9. The average molecular weight is 600 g/mol. The minimum Gasteiger partial charge on any atom is -0.467 e. The second kappa shape index (κ2) is 14.3. The lowest BCUT2D eigenvalue weighted by molar-refractivity contribution is -0.338. The lowest BCUT2D eigenvalue weighted by Gasteiger charge is -2.46. The van der Waals surface area contributed by atoms with Crippen molar-refractivity contribution in [2.24, 2.45) is 5.11 Å². The molecule has 3 heterocycles. The number of benzene rings is 2. The van der Waals surface area contributed by atoms with Crippen LogP contribution in [-0.2, 0) is 60.7 Å². The number of fused-ring (bicyclic) bond motifs is 2. The zero-order valence-corrected chi connectivity index (χ0v) is 23.5. The predicted molar refractivity (Wildman–Crippen MR) is 145 cm³/mol. The number of esters is 2. The molecule has 14 nitrogen and oxygen atoms in total. The van der Waals surface area contributed by atoms with Crippen molar-refractivity contribution in [1.29, 1.82) is 0 Å². The fraction of sp³-hybridized carbons (Fsp3) is 0.517. The molecule has 2 aromatic rings. The van der Waals surface area contributed by atoms with Crippen molar-refractivity contribution in [2.45, 2.75) is 81.5 Å². The number of aliphatic hydroxyl groups excluding tert-OH is 1. The van der Waals surface area contributed by atoms with E-state index in [4.69, 9.17) is 37.9 Å². The van der Waals surface area contributed by atoms with Crippen molar-refractivity contribution in [3.8, 4) is 0 Å². The maximum Gasteiger partial charge on any atom is 0.337 e. The molecule has 0 aromatic heterocycles. The zero-order chi connectivity index (χ0) is 30.3. The summed E-state index contributed by atoms with van der Waals surface area (Å²) < 4.78 is 46.8. The maximum atomic E-state index is 12.8. The average Bonchev–Trinajstić information content (AvgIpc) is 3.46. The van der Waals surface area contributed by atoms with Gasteiger partial charge in [0.2, 0.25) is 0 Å². The fourth-order valence-corrected chi connectivity index (χ4v) is 5.33. The van der Waals surface area contributed by atoms with Gasteiger partial charge in [0.25, 0.3) is 0 Å². The Labute approximate surface area is 247 Å².